The molecule has 200 valence electrons. The maximum absolute atomic E-state index is 14.1. The molecule has 4 aromatic carbocycles. The molecule has 0 spiro atoms. The summed E-state index contributed by atoms with van der Waals surface area (Å²) in [7, 11) is -7.93. The maximum atomic E-state index is 14.1. The van der Waals surface area contributed by atoms with Gasteiger partial charge in [-0.15, -0.1) is 0 Å². The Balaban J connectivity index is 1.55. The number of hydrogen-bond donors (Lipinski definition) is 0. The van der Waals surface area contributed by atoms with Crippen molar-refractivity contribution in [3.63, 3.8) is 0 Å². The molecule has 4 aromatic rings. The number of nitrogens with zero attached hydrogens (tertiary/aromatic N) is 1. The number of rotatable bonds is 5. The number of aryl methyl sites for hydroxylation is 2. The van der Waals surface area contributed by atoms with Crippen LogP contribution in [0.3, 0.4) is 0 Å². The number of carbonyl (C=O) groups excluding carboxylic acids is 1. The largest absolute Gasteiger partial charge is 0.457 e. The summed E-state index contributed by atoms with van der Waals surface area (Å²) in [6, 6.07) is 29.2. The van der Waals surface area contributed by atoms with Crippen LogP contribution < -0.4 is 0 Å². The van der Waals surface area contributed by atoms with Crippen molar-refractivity contribution in [2.75, 3.05) is 6.61 Å². The molecule has 1 aliphatic rings. The lowest BCUT2D eigenvalue weighted by Crippen LogP contribution is -2.05. The molecule has 0 bridgehead atoms. The van der Waals surface area contributed by atoms with Crippen LogP contribution in [0.2, 0.25) is 0 Å². The Bertz CT molecular complexity index is 1910. The van der Waals surface area contributed by atoms with Crippen molar-refractivity contribution in [3.05, 3.63) is 131 Å². The van der Waals surface area contributed by atoms with Crippen LogP contribution in [0.5, 0.6) is 0 Å². The van der Waals surface area contributed by atoms with E-state index in [0.717, 1.165) is 27.8 Å². The van der Waals surface area contributed by atoms with Crippen molar-refractivity contribution in [2.45, 2.75) is 23.6 Å². The average Bonchev–Trinajstić information content (AvgIpc) is 3.34. The van der Waals surface area contributed by atoms with Gasteiger partial charge in [-0.1, -0.05) is 87.5 Å². The summed E-state index contributed by atoms with van der Waals surface area (Å²) < 4.78 is 49.5. The van der Waals surface area contributed by atoms with E-state index in [9.17, 15) is 17.4 Å². The van der Waals surface area contributed by atoms with Gasteiger partial charge in [-0.25, -0.2) is 9.00 Å². The van der Waals surface area contributed by atoms with E-state index >= 15 is 0 Å². The highest BCUT2D eigenvalue weighted by atomic mass is 32.3. The van der Waals surface area contributed by atoms with E-state index in [1.165, 1.54) is 12.1 Å². The molecule has 0 amide bonds. The molecule has 40 heavy (non-hydrogen) atoms. The lowest BCUT2D eigenvalue weighted by Gasteiger charge is -2.06. The normalized spacial score (nSPS) is 14.6. The van der Waals surface area contributed by atoms with Crippen molar-refractivity contribution in [3.8, 4) is 11.2 Å². The zero-order valence-electron chi connectivity index (χ0n) is 21.8. The Kier molecular flexibility index (Phi) is 7.44. The Morgan fingerprint density at radius 3 is 1.88 bits per heavy atom. The Morgan fingerprint density at radius 2 is 1.27 bits per heavy atom. The molecule has 0 saturated heterocycles. The van der Waals surface area contributed by atoms with E-state index < -0.39 is 19.8 Å². The maximum Gasteiger partial charge on any atom is 0.339 e. The van der Waals surface area contributed by atoms with Gasteiger partial charge < -0.3 is 4.74 Å². The van der Waals surface area contributed by atoms with E-state index in [1.807, 2.05) is 44.2 Å². The predicted molar refractivity (Wildman–Crippen MR) is 156 cm³/mol. The van der Waals surface area contributed by atoms with Gasteiger partial charge in [-0.05, 0) is 61.4 Å². The third kappa shape index (κ3) is 5.76. The van der Waals surface area contributed by atoms with Gasteiger partial charge in [0, 0.05) is 16.4 Å². The number of esters is 1. The molecule has 8 heteroatoms. The lowest BCUT2D eigenvalue weighted by atomic mass is 9.96. The summed E-state index contributed by atoms with van der Waals surface area (Å²) in [4.78, 5) is 12.6. The van der Waals surface area contributed by atoms with Gasteiger partial charge in [0.25, 0.3) is 10.0 Å². The molecule has 0 saturated carbocycles. The summed E-state index contributed by atoms with van der Waals surface area (Å²) in [6.07, 6.45) is 0. The zero-order chi connectivity index (χ0) is 28.3. The number of sulfonamides is 1. The highest BCUT2D eigenvalue weighted by molar-refractivity contribution is 8.06. The van der Waals surface area contributed by atoms with Crippen LogP contribution in [-0.4, -0.2) is 25.2 Å². The van der Waals surface area contributed by atoms with Crippen LogP contribution in [0.25, 0.3) is 11.1 Å². The van der Waals surface area contributed by atoms with E-state index in [4.69, 9.17) is 4.74 Å². The molecular weight excluding hydrogens is 542 g/mol. The number of benzene rings is 4. The van der Waals surface area contributed by atoms with Gasteiger partial charge >= 0.3 is 5.97 Å². The van der Waals surface area contributed by atoms with Crippen molar-refractivity contribution in [1.29, 1.82) is 0 Å². The first-order valence-electron chi connectivity index (χ1n) is 12.4. The monoisotopic (exact) mass is 567 g/mol. The van der Waals surface area contributed by atoms with Gasteiger partial charge in [0.05, 0.1) is 15.4 Å². The number of cyclic esters (lactones) is 1. The summed E-state index contributed by atoms with van der Waals surface area (Å²) in [6.45, 7) is 3.88. The number of hydrogen-bond acceptors (Lipinski definition) is 5. The van der Waals surface area contributed by atoms with Crippen LogP contribution in [0.1, 0.15) is 27.8 Å². The van der Waals surface area contributed by atoms with Crippen molar-refractivity contribution in [2.24, 2.45) is 3.77 Å². The Hall–Kier alpha value is -4.45. The standard InChI is InChI=1S/C32H25NO5S2/c1-23-8-16-28(17-9-23)39(35,33-40(36,37)29-18-10-24(2)11-19-29)21-20-25-12-14-26(15-13-25)30-22-38-32(34)31(30)27-6-4-3-5-7-27/h3-19H,22H2,1-2H3. The Labute approximate surface area is 234 Å². The second-order valence-corrected chi connectivity index (χ2v) is 13.0. The van der Waals surface area contributed by atoms with Crippen molar-refractivity contribution in [1.82, 2.24) is 0 Å². The molecule has 0 N–H and O–H groups in total. The second kappa shape index (κ2) is 11.0. The SMILES string of the molecule is Cc1ccc(S(=O)(=O)N=S(=O)(C#Cc2ccc(C3=C(c4ccccc4)C(=O)OC3)cc2)c2ccc(C)cc2)cc1. The molecule has 0 radical (unpaired) electrons. The Morgan fingerprint density at radius 1 is 0.700 bits per heavy atom. The van der Waals surface area contributed by atoms with Crippen molar-refractivity contribution >= 4 is 36.9 Å². The molecule has 0 fully saturated rings. The fraction of sp³-hybridized carbons (Fsp3) is 0.0938. The van der Waals surface area contributed by atoms with Gasteiger partial charge in [0.15, 0.2) is 9.73 Å². The first kappa shape index (κ1) is 27.1. The second-order valence-electron chi connectivity index (χ2n) is 9.30. The van der Waals surface area contributed by atoms with E-state index in [-0.39, 0.29) is 22.4 Å². The molecule has 1 atom stereocenters. The summed E-state index contributed by atoms with van der Waals surface area (Å²) in [5, 5.41) is 2.66. The highest BCUT2D eigenvalue weighted by Crippen LogP contribution is 2.33. The van der Waals surface area contributed by atoms with Gasteiger partial charge in [-0.2, -0.15) is 8.42 Å². The minimum atomic E-state index is -4.26. The molecule has 1 unspecified atom stereocenters. The molecule has 5 rings (SSSR count). The molecular formula is C32H25NO5S2. The van der Waals surface area contributed by atoms with Crippen LogP contribution in [-0.2, 0) is 29.3 Å². The minimum Gasteiger partial charge on any atom is -0.457 e. The number of carbonyl (C=O) groups is 1. The minimum absolute atomic E-state index is 0.0556. The first-order chi connectivity index (χ1) is 19.1. The lowest BCUT2D eigenvalue weighted by molar-refractivity contribution is -0.133. The molecule has 6 nitrogen and oxygen atoms in total. The summed E-state index contributed by atoms with van der Waals surface area (Å²) >= 11 is 0. The third-order valence-corrected chi connectivity index (χ3v) is 10.1. The van der Waals surface area contributed by atoms with Crippen LogP contribution in [0, 0.1) is 25.0 Å². The van der Waals surface area contributed by atoms with Crippen LogP contribution in [0.15, 0.2) is 117 Å². The van der Waals surface area contributed by atoms with Gasteiger partial charge in [0.1, 0.15) is 6.61 Å². The predicted octanol–water partition coefficient (Wildman–Crippen LogP) is 6.00. The molecule has 1 heterocycles. The average molecular weight is 568 g/mol. The fourth-order valence-corrected chi connectivity index (χ4v) is 7.45. The quantitative estimate of drug-likeness (QED) is 0.218. The first-order valence-corrected chi connectivity index (χ1v) is 15.4. The fourth-order valence-electron chi connectivity index (χ4n) is 4.15. The summed E-state index contributed by atoms with van der Waals surface area (Å²) in [5.41, 5.74) is 5.17. The van der Waals surface area contributed by atoms with Crippen molar-refractivity contribution < 1.29 is 22.2 Å². The van der Waals surface area contributed by atoms with E-state index in [0.29, 0.717) is 11.1 Å². The third-order valence-electron chi connectivity index (χ3n) is 6.35. The molecule has 0 aliphatic carbocycles. The van der Waals surface area contributed by atoms with E-state index in [2.05, 4.69) is 14.9 Å². The topological polar surface area (TPSA) is 89.9 Å². The van der Waals surface area contributed by atoms with Gasteiger partial charge in [0.2, 0.25) is 0 Å². The molecule has 1 aliphatic heterocycles. The highest BCUT2D eigenvalue weighted by Gasteiger charge is 2.27. The van der Waals surface area contributed by atoms with Gasteiger partial charge in [-0.3, -0.25) is 0 Å². The number of ether oxygens (including phenoxy) is 1. The van der Waals surface area contributed by atoms with Crippen LogP contribution in [0.4, 0.5) is 0 Å². The van der Waals surface area contributed by atoms with E-state index in [1.54, 1.807) is 60.7 Å². The van der Waals surface area contributed by atoms with Crippen LogP contribution >= 0.6 is 0 Å². The zero-order valence-corrected chi connectivity index (χ0v) is 23.5. The summed E-state index contributed by atoms with van der Waals surface area (Å²) in [5.74, 6) is 2.48. The molecule has 0 aromatic heterocycles. The smallest absolute Gasteiger partial charge is 0.339 e.